The van der Waals surface area contributed by atoms with Crippen LogP contribution in [0.2, 0.25) is 5.02 Å². The number of aromatic nitrogens is 1. The first kappa shape index (κ1) is 13.4. The first-order valence-corrected chi connectivity index (χ1v) is 7.26. The first-order valence-electron chi connectivity index (χ1n) is 6.88. The lowest BCUT2D eigenvalue weighted by molar-refractivity contribution is 0.0911. The maximum Gasteiger partial charge on any atom is 0.165 e. The molecule has 0 spiro atoms. The molecule has 1 aliphatic rings. The smallest absolute Gasteiger partial charge is 0.165 e. The predicted octanol–water partition coefficient (Wildman–Crippen LogP) is 4.59. The molecule has 104 valence electrons. The number of benzene rings is 1. The summed E-state index contributed by atoms with van der Waals surface area (Å²) in [7, 11) is 0. The number of hydrogen-bond donors (Lipinski definition) is 0. The van der Waals surface area contributed by atoms with Crippen molar-refractivity contribution in [2.45, 2.75) is 33.6 Å². The number of fused-ring (bicyclic) bond motifs is 1. The van der Waals surface area contributed by atoms with Gasteiger partial charge in [0.1, 0.15) is 0 Å². The average molecular weight is 288 g/mol. The summed E-state index contributed by atoms with van der Waals surface area (Å²) in [5.74, 6) is 0.245. The van der Waals surface area contributed by atoms with Crippen molar-refractivity contribution in [3.05, 3.63) is 52.3 Å². The number of rotatable bonds is 1. The third-order valence-corrected chi connectivity index (χ3v) is 4.49. The molecule has 1 aromatic heterocycles. The zero-order valence-electron chi connectivity index (χ0n) is 12.0. The molecule has 2 aromatic rings. The van der Waals surface area contributed by atoms with Gasteiger partial charge < -0.3 is 4.57 Å². The Balaban J connectivity index is 2.19. The highest BCUT2D eigenvalue weighted by Crippen LogP contribution is 2.37. The van der Waals surface area contributed by atoms with Crippen molar-refractivity contribution in [2.75, 3.05) is 0 Å². The lowest BCUT2D eigenvalue weighted by Crippen LogP contribution is -2.27. The van der Waals surface area contributed by atoms with Gasteiger partial charge in [0.15, 0.2) is 5.78 Å². The molecule has 0 saturated carbocycles. The Morgan fingerprint density at radius 1 is 1.20 bits per heavy atom. The zero-order chi connectivity index (χ0) is 14.5. The number of halogens is 1. The van der Waals surface area contributed by atoms with Crippen LogP contribution < -0.4 is 0 Å². The molecule has 2 nitrogen and oxygen atoms in total. The van der Waals surface area contributed by atoms with E-state index in [0.717, 1.165) is 34.0 Å². The lowest BCUT2D eigenvalue weighted by atomic mass is 9.76. The summed E-state index contributed by atoms with van der Waals surface area (Å²) in [5, 5.41) is 0.756. The quantitative estimate of drug-likeness (QED) is 0.751. The summed E-state index contributed by atoms with van der Waals surface area (Å²) < 4.78 is 2.12. The van der Waals surface area contributed by atoms with Crippen molar-refractivity contribution in [1.29, 1.82) is 0 Å². The molecule has 1 aliphatic carbocycles. The molecular weight excluding hydrogens is 270 g/mol. The SMILES string of the molecule is Cc1c(Cl)cccc1-n1ccc2c1CC(C)(C)CC2=O. The Morgan fingerprint density at radius 3 is 2.70 bits per heavy atom. The fourth-order valence-electron chi connectivity index (χ4n) is 3.03. The molecular formula is C17H18ClNO. The van der Waals surface area contributed by atoms with Gasteiger partial charge in [-0.05, 0) is 42.5 Å². The predicted molar refractivity (Wildman–Crippen MR) is 81.9 cm³/mol. The summed E-state index contributed by atoms with van der Waals surface area (Å²) in [4.78, 5) is 12.3. The topological polar surface area (TPSA) is 22.0 Å². The molecule has 0 N–H and O–H groups in total. The molecule has 3 heteroatoms. The largest absolute Gasteiger partial charge is 0.320 e. The van der Waals surface area contributed by atoms with Crippen molar-refractivity contribution >= 4 is 17.4 Å². The van der Waals surface area contributed by atoms with E-state index in [4.69, 9.17) is 11.6 Å². The molecule has 0 bridgehead atoms. The fraction of sp³-hybridized carbons (Fsp3) is 0.353. The second-order valence-corrected chi connectivity index (χ2v) is 6.78. The van der Waals surface area contributed by atoms with E-state index in [2.05, 4.69) is 18.4 Å². The molecule has 20 heavy (non-hydrogen) atoms. The number of Topliss-reactive ketones (excluding diaryl/α,β-unsaturated/α-hetero) is 1. The van der Waals surface area contributed by atoms with Crippen LogP contribution in [0.3, 0.4) is 0 Å². The van der Waals surface area contributed by atoms with Crippen molar-refractivity contribution < 1.29 is 4.79 Å². The monoisotopic (exact) mass is 287 g/mol. The van der Waals surface area contributed by atoms with E-state index in [1.54, 1.807) is 0 Å². The Bertz CT molecular complexity index is 697. The van der Waals surface area contributed by atoms with E-state index in [0.29, 0.717) is 6.42 Å². The second kappa shape index (κ2) is 4.49. The van der Waals surface area contributed by atoms with Crippen molar-refractivity contribution in [3.8, 4) is 5.69 Å². The molecule has 1 aromatic carbocycles. The van der Waals surface area contributed by atoms with Crippen LogP contribution in [0, 0.1) is 12.3 Å². The maximum absolute atomic E-state index is 12.3. The summed E-state index contributed by atoms with van der Waals surface area (Å²) in [6.07, 6.45) is 3.52. The molecule has 1 heterocycles. The standard InChI is InChI=1S/C17H18ClNO/c1-11-13(18)5-4-6-14(11)19-8-7-12-15(19)9-17(2,3)10-16(12)20/h4-8H,9-10H2,1-3H3. The molecule has 0 fully saturated rings. The van der Waals surface area contributed by atoms with Gasteiger partial charge in [0.2, 0.25) is 0 Å². The highest BCUT2D eigenvalue weighted by Gasteiger charge is 2.33. The van der Waals surface area contributed by atoms with Gasteiger partial charge in [0, 0.05) is 34.6 Å². The zero-order valence-corrected chi connectivity index (χ0v) is 12.8. The fourth-order valence-corrected chi connectivity index (χ4v) is 3.20. The average Bonchev–Trinajstić information content (AvgIpc) is 2.75. The number of nitrogens with zero attached hydrogens (tertiary/aromatic N) is 1. The van der Waals surface area contributed by atoms with Gasteiger partial charge in [-0.1, -0.05) is 31.5 Å². The molecule has 0 unspecified atom stereocenters. The van der Waals surface area contributed by atoms with Crippen molar-refractivity contribution in [2.24, 2.45) is 5.41 Å². The third-order valence-electron chi connectivity index (χ3n) is 4.08. The molecule has 0 aliphatic heterocycles. The van der Waals surface area contributed by atoms with Gasteiger partial charge in [0.25, 0.3) is 0 Å². The molecule has 0 radical (unpaired) electrons. The van der Waals surface area contributed by atoms with Crippen LogP contribution in [-0.4, -0.2) is 10.4 Å². The van der Waals surface area contributed by atoms with E-state index in [1.807, 2.05) is 37.4 Å². The summed E-state index contributed by atoms with van der Waals surface area (Å²) in [6.45, 7) is 6.31. The van der Waals surface area contributed by atoms with E-state index in [-0.39, 0.29) is 11.2 Å². The Hall–Kier alpha value is -1.54. The second-order valence-electron chi connectivity index (χ2n) is 6.37. The van der Waals surface area contributed by atoms with Crippen molar-refractivity contribution in [1.82, 2.24) is 4.57 Å². The van der Waals surface area contributed by atoms with Crippen LogP contribution in [0.15, 0.2) is 30.5 Å². The summed E-state index contributed by atoms with van der Waals surface area (Å²) >= 11 is 6.22. The van der Waals surface area contributed by atoms with E-state index >= 15 is 0 Å². The van der Waals surface area contributed by atoms with Crippen LogP contribution in [0.5, 0.6) is 0 Å². The summed E-state index contributed by atoms with van der Waals surface area (Å²) in [5.41, 5.74) is 4.10. The number of carbonyl (C=O) groups is 1. The van der Waals surface area contributed by atoms with E-state index in [1.165, 1.54) is 0 Å². The minimum atomic E-state index is 0.0205. The Labute approximate surface area is 124 Å². The van der Waals surface area contributed by atoms with Crippen LogP contribution >= 0.6 is 11.6 Å². The molecule has 0 saturated heterocycles. The summed E-state index contributed by atoms with van der Waals surface area (Å²) in [6, 6.07) is 7.83. The van der Waals surface area contributed by atoms with Crippen LogP contribution in [-0.2, 0) is 6.42 Å². The highest BCUT2D eigenvalue weighted by atomic mass is 35.5. The van der Waals surface area contributed by atoms with E-state index < -0.39 is 0 Å². The lowest BCUT2D eigenvalue weighted by Gasteiger charge is -2.30. The Kier molecular flexibility index (Phi) is 3.02. The minimum Gasteiger partial charge on any atom is -0.320 e. The van der Waals surface area contributed by atoms with E-state index in [9.17, 15) is 4.79 Å². The van der Waals surface area contributed by atoms with Crippen molar-refractivity contribution in [3.63, 3.8) is 0 Å². The first-order chi connectivity index (χ1) is 9.39. The highest BCUT2D eigenvalue weighted by molar-refractivity contribution is 6.31. The van der Waals surface area contributed by atoms with Crippen LogP contribution in [0.1, 0.15) is 41.9 Å². The van der Waals surface area contributed by atoms with Gasteiger partial charge in [0.05, 0.1) is 0 Å². The molecule has 3 rings (SSSR count). The van der Waals surface area contributed by atoms with Gasteiger partial charge in [-0.15, -0.1) is 0 Å². The number of carbonyl (C=O) groups excluding carboxylic acids is 1. The molecule has 0 amide bonds. The van der Waals surface area contributed by atoms with Gasteiger partial charge in [-0.2, -0.15) is 0 Å². The maximum atomic E-state index is 12.3. The van der Waals surface area contributed by atoms with Crippen LogP contribution in [0.4, 0.5) is 0 Å². The number of ketones is 1. The third kappa shape index (κ3) is 2.08. The van der Waals surface area contributed by atoms with Gasteiger partial charge in [-0.25, -0.2) is 0 Å². The normalized spacial score (nSPS) is 17.1. The Morgan fingerprint density at radius 2 is 1.95 bits per heavy atom. The van der Waals surface area contributed by atoms with Crippen LogP contribution in [0.25, 0.3) is 5.69 Å². The van der Waals surface area contributed by atoms with Gasteiger partial charge >= 0.3 is 0 Å². The molecule has 0 atom stereocenters. The van der Waals surface area contributed by atoms with Gasteiger partial charge in [-0.3, -0.25) is 4.79 Å². The minimum absolute atomic E-state index is 0.0205. The number of hydrogen-bond acceptors (Lipinski definition) is 1.